The number of hydrogen-bond acceptors (Lipinski definition) is 1. The van der Waals surface area contributed by atoms with Gasteiger partial charge in [-0.25, -0.2) is 0 Å². The fraction of sp³-hybridized carbons (Fsp3) is 0.111. The molecule has 13 aromatic rings. The molecule has 0 bridgehead atoms. The maximum atomic E-state index is 2.53. The Hall–Kier alpha value is -8.72. The first kappa shape index (κ1) is 45.2. The molecule has 0 aliphatic heterocycles. The van der Waals surface area contributed by atoms with E-state index < -0.39 is 0 Å². The fourth-order valence-electron chi connectivity index (χ4n) is 11.8. The van der Waals surface area contributed by atoms with E-state index in [-0.39, 0.29) is 10.8 Å². The molecule has 74 heavy (non-hydrogen) atoms. The highest BCUT2D eigenvalue weighted by molar-refractivity contribution is 6.27. The zero-order valence-corrected chi connectivity index (χ0v) is 43.0. The van der Waals surface area contributed by atoms with Crippen LogP contribution in [0.25, 0.3) is 104 Å². The molecule has 0 N–H and O–H groups in total. The molecular weight excluding hydrogens is 893 g/mol. The predicted molar refractivity (Wildman–Crippen MR) is 318 cm³/mol. The number of hydrogen-bond donors (Lipinski definition) is 0. The van der Waals surface area contributed by atoms with Crippen molar-refractivity contribution in [2.75, 3.05) is 4.90 Å². The van der Waals surface area contributed by atoms with E-state index in [4.69, 9.17) is 0 Å². The maximum absolute atomic E-state index is 2.53. The summed E-state index contributed by atoms with van der Waals surface area (Å²) in [5, 5.41) is 9.93. The zero-order chi connectivity index (χ0) is 50.3. The second kappa shape index (κ2) is 17.5. The van der Waals surface area contributed by atoms with Crippen molar-refractivity contribution in [1.82, 2.24) is 4.57 Å². The Morgan fingerprint density at radius 2 is 0.716 bits per heavy atom. The normalized spacial score (nSPS) is 12.2. The van der Waals surface area contributed by atoms with Crippen molar-refractivity contribution in [2.24, 2.45) is 0 Å². The average Bonchev–Trinajstić information content (AvgIpc) is 3.79. The lowest BCUT2D eigenvalue weighted by atomic mass is 9.80. The minimum absolute atomic E-state index is 0.126. The van der Waals surface area contributed by atoms with Crippen LogP contribution in [0.5, 0.6) is 0 Å². The summed E-state index contributed by atoms with van der Waals surface area (Å²) in [6, 6.07) is 90.3. The largest absolute Gasteiger partial charge is 0.310 e. The summed E-state index contributed by atoms with van der Waals surface area (Å²) >= 11 is 0. The van der Waals surface area contributed by atoms with Crippen molar-refractivity contribution in [1.29, 1.82) is 0 Å². The molecule has 0 amide bonds. The van der Waals surface area contributed by atoms with Crippen molar-refractivity contribution in [3.8, 4) is 50.2 Å². The monoisotopic (exact) mass is 950 g/mol. The van der Waals surface area contributed by atoms with Gasteiger partial charge in [0.2, 0.25) is 0 Å². The van der Waals surface area contributed by atoms with Crippen LogP contribution in [0.2, 0.25) is 0 Å². The average molecular weight is 951 g/mol. The number of rotatable bonds is 8. The van der Waals surface area contributed by atoms with E-state index >= 15 is 0 Å². The van der Waals surface area contributed by atoms with E-state index in [1.165, 1.54) is 115 Å². The van der Waals surface area contributed by atoms with E-state index in [0.717, 1.165) is 17.1 Å². The van der Waals surface area contributed by atoms with Gasteiger partial charge in [-0.05, 0) is 149 Å². The fourth-order valence-corrected chi connectivity index (χ4v) is 11.8. The highest BCUT2D eigenvalue weighted by Crippen LogP contribution is 2.49. The molecule has 0 radical (unpaired) electrons. The Bertz CT molecular complexity index is 4030. The minimum Gasteiger partial charge on any atom is -0.310 e. The lowest BCUT2D eigenvalue weighted by Gasteiger charge is -2.32. The second-order valence-electron chi connectivity index (χ2n) is 22.2. The standard InChI is InChI=1S/C72H58N2/c1-71(2,3)63-45-55(33-37-57(63)49-23-15-9-16-24-49)73(56-34-38-58(50-25-17-10-18-26-50)64(46-56)72(4,5)6)65-39-29-51-28-36-60-66(40-30-52-27-35-59(65)69(51)70(52)60)74-67-41-31-53(47-19-11-7-12-20-47)43-61(67)62-44-54(32-42-68(62)74)48-21-13-8-14-22-48/h7-46H,1-6H3. The Labute approximate surface area is 434 Å². The van der Waals surface area contributed by atoms with Crippen LogP contribution in [0.1, 0.15) is 52.7 Å². The zero-order valence-electron chi connectivity index (χ0n) is 43.0. The van der Waals surface area contributed by atoms with Gasteiger partial charge in [-0.3, -0.25) is 0 Å². The number of benzene rings is 12. The van der Waals surface area contributed by atoms with Crippen molar-refractivity contribution in [3.05, 3.63) is 254 Å². The van der Waals surface area contributed by atoms with E-state index in [2.05, 4.69) is 294 Å². The van der Waals surface area contributed by atoms with Gasteiger partial charge in [0.15, 0.2) is 0 Å². The summed E-state index contributed by atoms with van der Waals surface area (Å²) < 4.78 is 2.51. The summed E-state index contributed by atoms with van der Waals surface area (Å²) in [6.45, 7) is 14.0. The van der Waals surface area contributed by atoms with Crippen molar-refractivity contribution < 1.29 is 0 Å². The topological polar surface area (TPSA) is 8.17 Å². The molecule has 0 spiro atoms. The number of aromatic nitrogens is 1. The van der Waals surface area contributed by atoms with Crippen LogP contribution in [0, 0.1) is 0 Å². The third kappa shape index (κ3) is 7.64. The van der Waals surface area contributed by atoms with Crippen LogP contribution in [0.4, 0.5) is 17.1 Å². The van der Waals surface area contributed by atoms with Gasteiger partial charge >= 0.3 is 0 Å². The molecule has 13 rings (SSSR count). The predicted octanol–water partition coefficient (Wildman–Crippen LogP) is 20.4. The lowest BCUT2D eigenvalue weighted by molar-refractivity contribution is 0.592. The van der Waals surface area contributed by atoms with Gasteiger partial charge < -0.3 is 9.47 Å². The Morgan fingerprint density at radius 1 is 0.311 bits per heavy atom. The van der Waals surface area contributed by atoms with Crippen molar-refractivity contribution in [2.45, 2.75) is 52.4 Å². The summed E-state index contributed by atoms with van der Waals surface area (Å²) in [6.07, 6.45) is 0. The molecule has 0 aliphatic carbocycles. The van der Waals surface area contributed by atoms with Crippen molar-refractivity contribution >= 4 is 71.2 Å². The number of nitrogens with zero attached hydrogens (tertiary/aromatic N) is 2. The van der Waals surface area contributed by atoms with Gasteiger partial charge in [-0.15, -0.1) is 0 Å². The van der Waals surface area contributed by atoms with E-state index in [0.29, 0.717) is 0 Å². The third-order valence-corrected chi connectivity index (χ3v) is 15.4. The summed E-state index contributed by atoms with van der Waals surface area (Å²) in [5.74, 6) is 0. The quantitative estimate of drug-likeness (QED) is 0.138. The summed E-state index contributed by atoms with van der Waals surface area (Å²) in [5.41, 5.74) is 19.2. The second-order valence-corrected chi connectivity index (χ2v) is 22.2. The Balaban J connectivity index is 1.06. The molecule has 0 aliphatic rings. The first-order valence-corrected chi connectivity index (χ1v) is 26.1. The third-order valence-electron chi connectivity index (χ3n) is 15.4. The molecule has 0 saturated carbocycles. The van der Waals surface area contributed by atoms with Crippen LogP contribution in [0.15, 0.2) is 243 Å². The van der Waals surface area contributed by atoms with Crippen LogP contribution in [0.3, 0.4) is 0 Å². The molecule has 356 valence electrons. The van der Waals surface area contributed by atoms with Crippen LogP contribution < -0.4 is 4.90 Å². The molecule has 12 aromatic carbocycles. The van der Waals surface area contributed by atoms with Crippen LogP contribution >= 0.6 is 0 Å². The molecule has 2 heteroatoms. The van der Waals surface area contributed by atoms with E-state index in [1.54, 1.807) is 0 Å². The molecule has 2 nitrogen and oxygen atoms in total. The SMILES string of the molecule is CC(C)(C)c1cc(N(c2ccc(-c3ccccc3)c(C(C)(C)C)c2)c2ccc3ccc4c(-n5c6ccc(-c7ccccc7)cc6c6cc(-c7ccccc7)ccc65)ccc5ccc2c3c54)ccc1-c1ccccc1. The van der Waals surface area contributed by atoms with Crippen LogP contribution in [-0.2, 0) is 10.8 Å². The number of anilines is 3. The smallest absolute Gasteiger partial charge is 0.0541 e. The maximum Gasteiger partial charge on any atom is 0.0541 e. The molecule has 0 fully saturated rings. The molecule has 1 aromatic heterocycles. The molecular formula is C72H58N2. The highest BCUT2D eigenvalue weighted by atomic mass is 15.1. The first-order chi connectivity index (χ1) is 36.0. The Morgan fingerprint density at radius 3 is 1.18 bits per heavy atom. The molecule has 0 unspecified atom stereocenters. The minimum atomic E-state index is -0.126. The highest BCUT2D eigenvalue weighted by Gasteiger charge is 2.27. The van der Waals surface area contributed by atoms with E-state index in [9.17, 15) is 0 Å². The molecule has 0 atom stereocenters. The van der Waals surface area contributed by atoms with Gasteiger partial charge in [-0.1, -0.05) is 224 Å². The van der Waals surface area contributed by atoms with E-state index in [1.807, 2.05) is 0 Å². The van der Waals surface area contributed by atoms with Gasteiger partial charge in [0.25, 0.3) is 0 Å². The first-order valence-electron chi connectivity index (χ1n) is 26.1. The number of fused-ring (bicyclic) bond motifs is 3. The van der Waals surface area contributed by atoms with Crippen molar-refractivity contribution in [3.63, 3.8) is 0 Å². The summed E-state index contributed by atoms with van der Waals surface area (Å²) in [4.78, 5) is 2.53. The van der Waals surface area contributed by atoms with Gasteiger partial charge in [-0.2, -0.15) is 0 Å². The Kier molecular flexibility index (Phi) is 10.7. The van der Waals surface area contributed by atoms with Gasteiger partial charge in [0.05, 0.1) is 22.4 Å². The lowest BCUT2D eigenvalue weighted by Crippen LogP contribution is -2.18. The van der Waals surface area contributed by atoms with Crippen LogP contribution in [-0.4, -0.2) is 4.57 Å². The summed E-state index contributed by atoms with van der Waals surface area (Å²) in [7, 11) is 0. The van der Waals surface area contributed by atoms with Gasteiger partial charge in [0, 0.05) is 32.9 Å². The molecule has 1 heterocycles. The van der Waals surface area contributed by atoms with Gasteiger partial charge in [0.1, 0.15) is 0 Å². The molecule has 0 saturated heterocycles.